The van der Waals surface area contributed by atoms with Crippen molar-refractivity contribution >= 4 is 15.9 Å². The zero-order chi connectivity index (χ0) is 9.14. The van der Waals surface area contributed by atoms with Gasteiger partial charge >= 0.3 is 0 Å². The van der Waals surface area contributed by atoms with Crippen molar-refractivity contribution in [3.8, 4) is 5.75 Å². The van der Waals surface area contributed by atoms with Gasteiger partial charge in [-0.15, -0.1) is 0 Å². The van der Waals surface area contributed by atoms with E-state index < -0.39 is 0 Å². The summed E-state index contributed by atoms with van der Waals surface area (Å²) >= 11 is 3.23. The number of hydrogen-bond donors (Lipinski definition) is 0. The highest BCUT2D eigenvalue weighted by Crippen LogP contribution is 2.29. The van der Waals surface area contributed by atoms with Crippen LogP contribution in [0.3, 0.4) is 0 Å². The number of halogens is 2. The first-order valence-electron chi connectivity index (χ1n) is 3.73. The molecule has 0 heterocycles. The summed E-state index contributed by atoms with van der Waals surface area (Å²) in [6.45, 7) is 4.13. The maximum absolute atomic E-state index is 13.1. The molecule has 0 aromatic heterocycles. The van der Waals surface area contributed by atoms with Gasteiger partial charge in [-0.2, -0.15) is 0 Å². The van der Waals surface area contributed by atoms with Gasteiger partial charge in [-0.25, -0.2) is 4.39 Å². The lowest BCUT2D eigenvalue weighted by Gasteiger charge is -2.07. The van der Waals surface area contributed by atoms with Gasteiger partial charge < -0.3 is 4.74 Å². The maximum atomic E-state index is 13.1. The molecule has 1 aromatic rings. The van der Waals surface area contributed by atoms with Gasteiger partial charge in [-0.3, -0.25) is 0 Å². The normalized spacial score (nSPS) is 10.0. The zero-order valence-corrected chi connectivity index (χ0v) is 8.61. The third kappa shape index (κ3) is 1.97. The molecule has 3 heteroatoms. The molecule has 1 rings (SSSR count). The summed E-state index contributed by atoms with van der Waals surface area (Å²) in [5.74, 6) is -0.0215. The van der Waals surface area contributed by atoms with Crippen LogP contribution >= 0.6 is 15.9 Å². The molecule has 0 aliphatic carbocycles. The quantitative estimate of drug-likeness (QED) is 0.761. The largest absolute Gasteiger partial charge is 0.490 e. The van der Waals surface area contributed by atoms with Gasteiger partial charge in [0, 0.05) is 0 Å². The molecule has 0 unspecified atom stereocenters. The summed E-state index contributed by atoms with van der Waals surface area (Å²) in [6, 6.07) is 3.28. The minimum Gasteiger partial charge on any atom is -0.490 e. The maximum Gasteiger partial charge on any atom is 0.169 e. The van der Waals surface area contributed by atoms with E-state index >= 15 is 0 Å². The van der Waals surface area contributed by atoms with Gasteiger partial charge in [0.2, 0.25) is 0 Å². The van der Waals surface area contributed by atoms with Gasteiger partial charge in [0.15, 0.2) is 11.6 Å². The summed E-state index contributed by atoms with van der Waals surface area (Å²) in [5, 5.41) is 0. The van der Waals surface area contributed by atoms with Crippen LogP contribution in [-0.2, 0) is 0 Å². The molecule has 0 fully saturated rings. The average Bonchev–Trinajstić information content (AvgIpc) is 1.96. The predicted molar refractivity (Wildman–Crippen MR) is 50.0 cm³/mol. The number of hydrogen-bond acceptors (Lipinski definition) is 1. The Morgan fingerprint density at radius 3 is 2.67 bits per heavy atom. The lowest BCUT2D eigenvalue weighted by atomic mass is 10.2. The van der Waals surface area contributed by atoms with E-state index in [-0.39, 0.29) is 5.82 Å². The van der Waals surface area contributed by atoms with Crippen molar-refractivity contribution in [1.82, 2.24) is 0 Å². The minimum atomic E-state index is -0.316. The highest BCUT2D eigenvalue weighted by molar-refractivity contribution is 9.10. The SMILES string of the molecule is CCOc1c(F)cc(C)cc1Br. The van der Waals surface area contributed by atoms with Crippen LogP contribution in [0, 0.1) is 12.7 Å². The van der Waals surface area contributed by atoms with E-state index in [1.807, 2.05) is 19.9 Å². The third-order valence-electron chi connectivity index (χ3n) is 1.43. The fraction of sp³-hybridized carbons (Fsp3) is 0.333. The van der Waals surface area contributed by atoms with Crippen LogP contribution in [0.1, 0.15) is 12.5 Å². The fourth-order valence-corrected chi connectivity index (χ4v) is 1.63. The Hall–Kier alpha value is -0.570. The number of aryl methyl sites for hydroxylation is 1. The van der Waals surface area contributed by atoms with Crippen LogP contribution in [0.2, 0.25) is 0 Å². The second-order valence-electron chi connectivity index (χ2n) is 2.49. The first-order chi connectivity index (χ1) is 5.65. The molecule has 0 aliphatic heterocycles. The second-order valence-corrected chi connectivity index (χ2v) is 3.35. The van der Waals surface area contributed by atoms with Crippen LogP contribution in [0.4, 0.5) is 4.39 Å². The molecule has 0 N–H and O–H groups in total. The highest BCUT2D eigenvalue weighted by Gasteiger charge is 2.07. The monoisotopic (exact) mass is 232 g/mol. The molecule has 0 saturated carbocycles. The van der Waals surface area contributed by atoms with Crippen LogP contribution in [-0.4, -0.2) is 6.61 Å². The van der Waals surface area contributed by atoms with E-state index in [1.165, 1.54) is 6.07 Å². The molecule has 0 saturated heterocycles. The van der Waals surface area contributed by atoms with Crippen LogP contribution in [0.5, 0.6) is 5.75 Å². The Morgan fingerprint density at radius 1 is 1.50 bits per heavy atom. The number of ether oxygens (including phenoxy) is 1. The molecule has 0 bridgehead atoms. The topological polar surface area (TPSA) is 9.23 Å². The predicted octanol–water partition coefficient (Wildman–Crippen LogP) is 3.30. The van der Waals surface area contributed by atoms with E-state index in [1.54, 1.807) is 0 Å². The van der Waals surface area contributed by atoms with Gasteiger partial charge in [0.25, 0.3) is 0 Å². The molecule has 0 spiro atoms. The second kappa shape index (κ2) is 3.90. The van der Waals surface area contributed by atoms with Gasteiger partial charge in [-0.05, 0) is 47.5 Å². The Morgan fingerprint density at radius 2 is 2.17 bits per heavy atom. The Balaban J connectivity index is 3.10. The van der Waals surface area contributed by atoms with E-state index in [0.717, 1.165) is 5.56 Å². The van der Waals surface area contributed by atoms with Crippen molar-refractivity contribution < 1.29 is 9.13 Å². The Kier molecular flexibility index (Phi) is 3.09. The van der Waals surface area contributed by atoms with Crippen LogP contribution < -0.4 is 4.74 Å². The standard InChI is InChI=1S/C9H10BrFO/c1-3-12-9-7(10)4-6(2)5-8(9)11/h4-5H,3H2,1-2H3. The zero-order valence-electron chi connectivity index (χ0n) is 7.03. The Bertz CT molecular complexity index is 263. The lowest BCUT2D eigenvalue weighted by Crippen LogP contribution is -1.96. The molecular weight excluding hydrogens is 223 g/mol. The van der Waals surface area contributed by atoms with E-state index in [2.05, 4.69) is 15.9 Å². The van der Waals surface area contributed by atoms with Crippen molar-refractivity contribution in [2.75, 3.05) is 6.61 Å². The van der Waals surface area contributed by atoms with Crippen LogP contribution in [0.15, 0.2) is 16.6 Å². The van der Waals surface area contributed by atoms with Gasteiger partial charge in [-0.1, -0.05) is 0 Å². The molecule has 0 atom stereocenters. The minimum absolute atomic E-state index is 0.295. The molecule has 0 amide bonds. The summed E-state index contributed by atoms with van der Waals surface area (Å²) < 4.78 is 18.9. The number of rotatable bonds is 2. The highest BCUT2D eigenvalue weighted by atomic mass is 79.9. The first-order valence-corrected chi connectivity index (χ1v) is 4.53. The summed E-state index contributed by atoms with van der Waals surface area (Å²) in [7, 11) is 0. The van der Waals surface area contributed by atoms with Crippen LogP contribution in [0.25, 0.3) is 0 Å². The van der Waals surface area contributed by atoms with Gasteiger partial charge in [0.05, 0.1) is 11.1 Å². The molecule has 66 valence electrons. The van der Waals surface area contributed by atoms with Crippen molar-refractivity contribution in [3.63, 3.8) is 0 Å². The van der Waals surface area contributed by atoms with Crippen molar-refractivity contribution in [2.45, 2.75) is 13.8 Å². The molecule has 0 radical (unpaired) electrons. The van der Waals surface area contributed by atoms with Crippen molar-refractivity contribution in [1.29, 1.82) is 0 Å². The molecule has 12 heavy (non-hydrogen) atoms. The Labute approximate surface area is 79.7 Å². The lowest BCUT2D eigenvalue weighted by molar-refractivity contribution is 0.319. The van der Waals surface area contributed by atoms with E-state index in [4.69, 9.17) is 4.74 Å². The molecule has 0 aliphatic rings. The van der Waals surface area contributed by atoms with E-state index in [9.17, 15) is 4.39 Å². The summed E-state index contributed by atoms with van der Waals surface area (Å²) in [5.41, 5.74) is 0.878. The third-order valence-corrected chi connectivity index (χ3v) is 2.02. The smallest absolute Gasteiger partial charge is 0.169 e. The van der Waals surface area contributed by atoms with E-state index in [0.29, 0.717) is 16.8 Å². The first kappa shape index (κ1) is 9.52. The molecule has 1 aromatic carbocycles. The fourth-order valence-electron chi connectivity index (χ4n) is 0.969. The number of benzene rings is 1. The van der Waals surface area contributed by atoms with Gasteiger partial charge in [0.1, 0.15) is 0 Å². The summed E-state index contributed by atoms with van der Waals surface area (Å²) in [4.78, 5) is 0. The van der Waals surface area contributed by atoms with Crippen molar-refractivity contribution in [3.05, 3.63) is 28.0 Å². The summed E-state index contributed by atoms with van der Waals surface area (Å²) in [6.07, 6.45) is 0. The average molecular weight is 233 g/mol. The van der Waals surface area contributed by atoms with Crippen molar-refractivity contribution in [2.24, 2.45) is 0 Å². The molecule has 1 nitrogen and oxygen atoms in total. The molecular formula is C9H10BrFO.